The van der Waals surface area contributed by atoms with Gasteiger partial charge >= 0.3 is 5.97 Å². The predicted octanol–water partition coefficient (Wildman–Crippen LogP) is 8.65. The highest BCUT2D eigenvalue weighted by Crippen LogP contribution is 2.38. The smallest absolute Gasteiger partial charge is 0.343 e. The number of rotatable bonds is 6. The van der Waals surface area contributed by atoms with Crippen LogP contribution in [0.1, 0.15) is 26.4 Å². The number of nitrogens with zero attached hydrogens (tertiary/aromatic N) is 1. The first-order valence-corrected chi connectivity index (χ1v) is 13.8. The fourth-order valence-corrected chi connectivity index (χ4v) is 5.81. The van der Waals surface area contributed by atoms with E-state index >= 15 is 0 Å². The molecule has 0 unspecified atom stereocenters. The molecule has 0 spiro atoms. The van der Waals surface area contributed by atoms with E-state index in [1.807, 2.05) is 36.4 Å². The van der Waals surface area contributed by atoms with Gasteiger partial charge in [0, 0.05) is 31.6 Å². The molecule has 5 rings (SSSR count). The van der Waals surface area contributed by atoms with Crippen LogP contribution in [0.3, 0.4) is 0 Å². The monoisotopic (exact) mass is 683 g/mol. The molecule has 4 aromatic carbocycles. The van der Waals surface area contributed by atoms with E-state index in [0.717, 1.165) is 5.39 Å². The number of halogens is 4. The Morgan fingerprint density at radius 3 is 2.38 bits per heavy atom. The lowest BCUT2D eigenvalue weighted by Crippen LogP contribution is -2.19. The summed E-state index contributed by atoms with van der Waals surface area (Å²) < 4.78 is 6.90. The molecule has 194 valence electrons. The van der Waals surface area contributed by atoms with E-state index in [1.54, 1.807) is 48.5 Å². The molecule has 1 amide bonds. The zero-order valence-corrected chi connectivity index (χ0v) is 24.5. The Balaban J connectivity index is 1.47. The van der Waals surface area contributed by atoms with Crippen LogP contribution in [0, 0.1) is 0 Å². The number of hydrogen-bond acceptors (Lipinski definition) is 4. The molecule has 5 aromatic rings. The van der Waals surface area contributed by atoms with E-state index in [9.17, 15) is 9.59 Å². The quantitative estimate of drug-likeness (QED) is 0.0812. The van der Waals surface area contributed by atoms with Crippen molar-refractivity contribution in [2.45, 2.75) is 0 Å². The van der Waals surface area contributed by atoms with Gasteiger partial charge in [-0.2, -0.15) is 5.10 Å². The Morgan fingerprint density at radius 1 is 0.897 bits per heavy atom. The van der Waals surface area contributed by atoms with Gasteiger partial charge in [0.25, 0.3) is 5.91 Å². The second-order valence-electron chi connectivity index (χ2n) is 8.28. The number of hydrazone groups is 1. The molecule has 2 N–H and O–H groups in total. The lowest BCUT2D eigenvalue weighted by atomic mass is 10.0. The molecule has 0 atom stereocenters. The number of H-pyrrole nitrogens is 1. The summed E-state index contributed by atoms with van der Waals surface area (Å²) in [5.41, 5.74) is 5.53. The number of esters is 1. The maximum atomic E-state index is 13.4. The van der Waals surface area contributed by atoms with Crippen LogP contribution < -0.4 is 10.2 Å². The van der Waals surface area contributed by atoms with Crippen LogP contribution in [-0.2, 0) is 0 Å². The minimum atomic E-state index is -0.531. The average molecular weight is 686 g/mol. The van der Waals surface area contributed by atoms with Crippen LogP contribution >= 0.6 is 55.1 Å². The number of benzene rings is 4. The van der Waals surface area contributed by atoms with Gasteiger partial charge in [0.05, 0.1) is 26.8 Å². The second-order valence-corrected chi connectivity index (χ2v) is 10.9. The molecule has 1 heterocycles. The Kier molecular flexibility index (Phi) is 8.18. The van der Waals surface area contributed by atoms with Gasteiger partial charge in [-0.15, -0.1) is 0 Å². The number of nitrogens with one attached hydrogen (secondary N) is 2. The maximum Gasteiger partial charge on any atom is 0.343 e. The van der Waals surface area contributed by atoms with Crippen molar-refractivity contribution in [3.8, 4) is 16.9 Å². The third kappa shape index (κ3) is 5.79. The molecule has 0 radical (unpaired) electrons. The maximum absolute atomic E-state index is 13.4. The van der Waals surface area contributed by atoms with Gasteiger partial charge in [-0.3, -0.25) is 4.79 Å². The number of amides is 1. The number of para-hydroxylation sites is 1. The van der Waals surface area contributed by atoms with Crippen molar-refractivity contribution >= 4 is 84.1 Å². The van der Waals surface area contributed by atoms with Crippen molar-refractivity contribution in [2.75, 3.05) is 0 Å². The lowest BCUT2D eigenvalue weighted by molar-refractivity contribution is 0.0733. The summed E-state index contributed by atoms with van der Waals surface area (Å²) in [6.45, 7) is 0. The molecule has 10 heteroatoms. The minimum Gasteiger partial charge on any atom is -0.421 e. The number of hydrogen-bond donors (Lipinski definition) is 2. The van der Waals surface area contributed by atoms with Crippen molar-refractivity contribution < 1.29 is 14.3 Å². The molecular weight excluding hydrogens is 669 g/mol. The van der Waals surface area contributed by atoms with Crippen molar-refractivity contribution in [3.05, 3.63) is 121 Å². The third-order valence-corrected chi connectivity index (χ3v) is 7.46. The topological polar surface area (TPSA) is 83.5 Å². The molecule has 0 saturated heterocycles. The summed E-state index contributed by atoms with van der Waals surface area (Å²) in [6, 6.07) is 24.7. The summed E-state index contributed by atoms with van der Waals surface area (Å²) in [5, 5.41) is 5.84. The predicted molar refractivity (Wildman–Crippen MR) is 162 cm³/mol. The van der Waals surface area contributed by atoms with Crippen LogP contribution in [0.2, 0.25) is 10.0 Å². The zero-order valence-electron chi connectivity index (χ0n) is 19.8. The van der Waals surface area contributed by atoms with Gasteiger partial charge in [-0.25, -0.2) is 10.2 Å². The fraction of sp³-hybridized carbons (Fsp3) is 0. The van der Waals surface area contributed by atoms with E-state index in [0.29, 0.717) is 46.8 Å². The van der Waals surface area contributed by atoms with Gasteiger partial charge in [0.2, 0.25) is 0 Å². The summed E-state index contributed by atoms with van der Waals surface area (Å²) >= 11 is 19.8. The van der Waals surface area contributed by atoms with Gasteiger partial charge in [-0.05, 0) is 52.3 Å². The number of fused-ring (bicyclic) bond motifs is 1. The molecule has 0 aliphatic heterocycles. The highest BCUT2D eigenvalue weighted by molar-refractivity contribution is 9.11. The summed E-state index contributed by atoms with van der Waals surface area (Å²) in [7, 11) is 0. The normalized spacial score (nSPS) is 11.2. The Hall–Kier alpha value is -3.43. The first-order valence-electron chi connectivity index (χ1n) is 11.5. The van der Waals surface area contributed by atoms with Crippen LogP contribution in [-0.4, -0.2) is 23.1 Å². The first-order chi connectivity index (χ1) is 18.8. The zero-order chi connectivity index (χ0) is 27.5. The Morgan fingerprint density at radius 2 is 1.62 bits per heavy atom. The third-order valence-electron chi connectivity index (χ3n) is 5.76. The molecule has 0 aliphatic carbocycles. The SMILES string of the molecule is O=C(Oc1c(Br)cc(Br)cc1C=NNC(=O)c1[nH]c2c(Cl)cccc2c1-c1ccccc1Cl)c1ccccc1. The number of ether oxygens (including phenoxy) is 1. The number of aromatic nitrogens is 1. The number of carbonyl (C=O) groups is 2. The fourth-order valence-electron chi connectivity index (χ4n) is 4.02. The van der Waals surface area contributed by atoms with Crippen LogP contribution in [0.15, 0.2) is 99.0 Å². The summed E-state index contributed by atoms with van der Waals surface area (Å²) in [4.78, 5) is 29.2. The molecule has 6 nitrogen and oxygen atoms in total. The standard InChI is InChI=1S/C29H17Br2Cl2N3O3/c30-18-13-17(27(21(31)14-18)39-29(38)16-7-2-1-3-8-16)15-34-36-28(37)26-24(19-9-4-5-11-22(19)32)20-10-6-12-23(33)25(20)35-26/h1-15,35H,(H,36,37). The van der Waals surface area contributed by atoms with Crippen molar-refractivity contribution in [1.82, 2.24) is 10.4 Å². The van der Waals surface area contributed by atoms with Crippen molar-refractivity contribution in [3.63, 3.8) is 0 Å². The average Bonchev–Trinajstić information content (AvgIpc) is 3.32. The van der Waals surface area contributed by atoms with E-state index in [2.05, 4.69) is 47.4 Å². The van der Waals surface area contributed by atoms with Crippen molar-refractivity contribution in [2.24, 2.45) is 5.10 Å². The van der Waals surface area contributed by atoms with E-state index in [4.69, 9.17) is 27.9 Å². The molecule has 0 aliphatic rings. The minimum absolute atomic E-state index is 0.245. The number of carbonyl (C=O) groups excluding carboxylic acids is 2. The van der Waals surface area contributed by atoms with Crippen LogP contribution in [0.25, 0.3) is 22.0 Å². The first kappa shape index (κ1) is 27.1. The second kappa shape index (κ2) is 11.8. The molecule has 39 heavy (non-hydrogen) atoms. The summed E-state index contributed by atoms with van der Waals surface area (Å²) in [6.07, 6.45) is 1.39. The van der Waals surface area contributed by atoms with Crippen LogP contribution in [0.5, 0.6) is 5.75 Å². The van der Waals surface area contributed by atoms with Gasteiger partial charge in [0.15, 0.2) is 5.75 Å². The molecule has 1 aromatic heterocycles. The summed E-state index contributed by atoms with van der Waals surface area (Å²) in [5.74, 6) is -0.791. The molecule has 0 saturated carbocycles. The Labute approximate surface area is 250 Å². The lowest BCUT2D eigenvalue weighted by Gasteiger charge is -2.10. The number of aromatic amines is 1. The van der Waals surface area contributed by atoms with E-state index < -0.39 is 11.9 Å². The van der Waals surface area contributed by atoms with Crippen molar-refractivity contribution in [1.29, 1.82) is 0 Å². The Bertz CT molecular complexity index is 1750. The largest absolute Gasteiger partial charge is 0.421 e. The van der Waals surface area contributed by atoms with E-state index in [1.165, 1.54) is 6.21 Å². The van der Waals surface area contributed by atoms with Gasteiger partial charge in [0.1, 0.15) is 5.69 Å². The van der Waals surface area contributed by atoms with Gasteiger partial charge in [-0.1, -0.05) is 87.7 Å². The van der Waals surface area contributed by atoms with E-state index in [-0.39, 0.29) is 11.4 Å². The molecule has 0 fully saturated rings. The van der Waals surface area contributed by atoms with Gasteiger partial charge < -0.3 is 9.72 Å². The van der Waals surface area contributed by atoms with Crippen LogP contribution in [0.4, 0.5) is 0 Å². The highest BCUT2D eigenvalue weighted by Gasteiger charge is 2.22. The highest BCUT2D eigenvalue weighted by atomic mass is 79.9. The molecule has 0 bridgehead atoms. The molecular formula is C29H17Br2Cl2N3O3.